The molecule has 23 heavy (non-hydrogen) atoms. The van der Waals surface area contributed by atoms with Crippen molar-refractivity contribution in [3.05, 3.63) is 52.8 Å². The minimum atomic E-state index is 0.601. The summed E-state index contributed by atoms with van der Waals surface area (Å²) in [6, 6.07) is 1.90. The third kappa shape index (κ3) is 4.53. The number of rotatable bonds is 6. The van der Waals surface area contributed by atoms with Gasteiger partial charge in [-0.05, 0) is 18.1 Å². The number of aromatic nitrogens is 2. The first kappa shape index (κ1) is 16.5. The summed E-state index contributed by atoms with van der Waals surface area (Å²) < 4.78 is 0. The Morgan fingerprint density at radius 1 is 1.39 bits per heavy atom. The Balaban J connectivity index is 1.92. The average molecular weight is 324 g/mol. The van der Waals surface area contributed by atoms with Crippen LogP contribution in [-0.4, -0.2) is 27.9 Å². The largest absolute Gasteiger partial charge is 0.411 e. The second-order valence-corrected chi connectivity index (χ2v) is 5.22. The molecule has 0 fully saturated rings. The van der Waals surface area contributed by atoms with Gasteiger partial charge in [0.05, 0.1) is 17.6 Å². The lowest BCUT2D eigenvalue weighted by Gasteiger charge is -2.09. The van der Waals surface area contributed by atoms with Crippen molar-refractivity contribution in [2.24, 2.45) is 5.16 Å². The standard InChI is InChI=1S/C17H16N4OS/c1-3-14-15(4-2)19-10-8-16(14)18-9-6-5-7-17-21-13(11-20-22)12-23-17/h3-4,8,10-12,22H,1-2,6,9H2,(H,18,19)/b20-11-. The predicted molar refractivity (Wildman–Crippen MR) is 95.9 cm³/mol. The van der Waals surface area contributed by atoms with Crippen LogP contribution < -0.4 is 5.32 Å². The average Bonchev–Trinajstić information content (AvgIpc) is 3.02. The molecule has 0 unspecified atom stereocenters. The van der Waals surface area contributed by atoms with E-state index >= 15 is 0 Å². The molecule has 0 saturated carbocycles. The van der Waals surface area contributed by atoms with Crippen LogP contribution in [0.15, 0.2) is 36.0 Å². The molecule has 116 valence electrons. The minimum Gasteiger partial charge on any atom is -0.411 e. The lowest BCUT2D eigenvalue weighted by Crippen LogP contribution is -2.03. The van der Waals surface area contributed by atoms with Gasteiger partial charge in [-0.15, -0.1) is 11.3 Å². The molecule has 6 heteroatoms. The van der Waals surface area contributed by atoms with Crippen molar-refractivity contribution in [2.75, 3.05) is 11.9 Å². The van der Waals surface area contributed by atoms with Gasteiger partial charge in [0.25, 0.3) is 0 Å². The summed E-state index contributed by atoms with van der Waals surface area (Å²) in [5, 5.41) is 17.2. The Bertz CT molecular complexity index is 783. The maximum atomic E-state index is 8.44. The zero-order valence-electron chi connectivity index (χ0n) is 12.5. The van der Waals surface area contributed by atoms with Crippen LogP contribution >= 0.6 is 11.3 Å². The highest BCUT2D eigenvalue weighted by Gasteiger charge is 2.03. The Hall–Kier alpha value is -2.91. The van der Waals surface area contributed by atoms with Gasteiger partial charge >= 0.3 is 0 Å². The Morgan fingerprint density at radius 3 is 3.00 bits per heavy atom. The van der Waals surface area contributed by atoms with Crippen LogP contribution in [0.4, 0.5) is 5.69 Å². The lowest BCUT2D eigenvalue weighted by atomic mass is 10.1. The van der Waals surface area contributed by atoms with E-state index in [1.165, 1.54) is 17.6 Å². The predicted octanol–water partition coefficient (Wildman–Crippen LogP) is 3.49. The molecule has 0 aliphatic carbocycles. The third-order valence-corrected chi connectivity index (χ3v) is 3.67. The van der Waals surface area contributed by atoms with Crippen molar-refractivity contribution in [2.45, 2.75) is 6.42 Å². The van der Waals surface area contributed by atoms with Crippen molar-refractivity contribution in [1.29, 1.82) is 0 Å². The number of nitrogens with zero attached hydrogens (tertiary/aromatic N) is 3. The second kappa shape index (κ2) is 8.51. The molecule has 2 rings (SSSR count). The van der Waals surface area contributed by atoms with E-state index in [4.69, 9.17) is 5.21 Å². The fraction of sp³-hybridized carbons (Fsp3) is 0.118. The smallest absolute Gasteiger partial charge is 0.167 e. The van der Waals surface area contributed by atoms with Gasteiger partial charge in [0, 0.05) is 35.8 Å². The Labute approximate surface area is 139 Å². The maximum absolute atomic E-state index is 8.44. The van der Waals surface area contributed by atoms with Crippen molar-refractivity contribution >= 4 is 35.4 Å². The molecule has 0 spiro atoms. The van der Waals surface area contributed by atoms with Gasteiger partial charge in [-0.1, -0.05) is 30.3 Å². The van der Waals surface area contributed by atoms with E-state index in [-0.39, 0.29) is 0 Å². The van der Waals surface area contributed by atoms with Crippen LogP contribution in [0.1, 0.15) is 28.4 Å². The van der Waals surface area contributed by atoms with Crippen molar-refractivity contribution in [3.63, 3.8) is 0 Å². The number of anilines is 1. The van der Waals surface area contributed by atoms with Crippen LogP contribution in [0.3, 0.4) is 0 Å². The summed E-state index contributed by atoms with van der Waals surface area (Å²) in [7, 11) is 0. The van der Waals surface area contributed by atoms with Gasteiger partial charge < -0.3 is 10.5 Å². The van der Waals surface area contributed by atoms with E-state index in [9.17, 15) is 0 Å². The first-order valence-corrected chi connectivity index (χ1v) is 7.76. The lowest BCUT2D eigenvalue weighted by molar-refractivity contribution is 0.321. The van der Waals surface area contributed by atoms with Gasteiger partial charge in [-0.25, -0.2) is 4.98 Å². The molecule has 2 heterocycles. The molecule has 0 radical (unpaired) electrons. The summed E-state index contributed by atoms with van der Waals surface area (Å²) in [5.74, 6) is 6.05. The molecular weight excluding hydrogens is 308 g/mol. The molecule has 0 aliphatic rings. The second-order valence-electron chi connectivity index (χ2n) is 4.37. The molecule has 5 nitrogen and oxygen atoms in total. The van der Waals surface area contributed by atoms with Gasteiger partial charge in [0.15, 0.2) is 5.01 Å². The quantitative estimate of drug-likeness (QED) is 0.280. The molecule has 0 atom stereocenters. The molecule has 0 amide bonds. The molecule has 0 aromatic carbocycles. The Morgan fingerprint density at radius 2 is 2.26 bits per heavy atom. The molecule has 0 saturated heterocycles. The summed E-state index contributed by atoms with van der Waals surface area (Å²) in [5.41, 5.74) is 3.30. The van der Waals surface area contributed by atoms with Crippen molar-refractivity contribution < 1.29 is 5.21 Å². The number of oxime groups is 1. The molecule has 2 aromatic rings. The van der Waals surface area contributed by atoms with Crippen molar-refractivity contribution in [1.82, 2.24) is 9.97 Å². The van der Waals surface area contributed by atoms with Crippen LogP contribution in [0, 0.1) is 11.8 Å². The monoisotopic (exact) mass is 324 g/mol. The van der Waals surface area contributed by atoms with Crippen LogP contribution in [0.25, 0.3) is 12.2 Å². The molecule has 0 aliphatic heterocycles. The molecule has 0 bridgehead atoms. The SMILES string of the molecule is C=Cc1nccc(NCCC#Cc2nc(/C=N\O)cs2)c1C=C. The summed E-state index contributed by atoms with van der Waals surface area (Å²) in [6.45, 7) is 8.26. The number of pyridine rings is 1. The van der Waals surface area contributed by atoms with Gasteiger partial charge in [-0.2, -0.15) is 0 Å². The summed E-state index contributed by atoms with van der Waals surface area (Å²) in [4.78, 5) is 8.43. The normalized spacial score (nSPS) is 10.1. The fourth-order valence-electron chi connectivity index (χ4n) is 1.88. The van der Waals surface area contributed by atoms with Crippen molar-refractivity contribution in [3.8, 4) is 11.8 Å². The van der Waals surface area contributed by atoms with Gasteiger partial charge in [0.2, 0.25) is 0 Å². The highest BCUT2D eigenvalue weighted by atomic mass is 32.1. The van der Waals surface area contributed by atoms with Crippen LogP contribution in [0.2, 0.25) is 0 Å². The first-order chi connectivity index (χ1) is 11.3. The van der Waals surface area contributed by atoms with Gasteiger partial charge in [-0.3, -0.25) is 4.98 Å². The minimum absolute atomic E-state index is 0.601. The zero-order chi connectivity index (χ0) is 16.5. The third-order valence-electron chi connectivity index (χ3n) is 2.89. The maximum Gasteiger partial charge on any atom is 0.167 e. The molecule has 2 N–H and O–H groups in total. The first-order valence-electron chi connectivity index (χ1n) is 6.88. The summed E-state index contributed by atoms with van der Waals surface area (Å²) >= 11 is 1.41. The fourth-order valence-corrected chi connectivity index (χ4v) is 2.52. The van der Waals surface area contributed by atoms with Gasteiger partial charge in [0.1, 0.15) is 0 Å². The number of nitrogens with one attached hydrogen (secondary N) is 1. The Kier molecular flexibility index (Phi) is 6.09. The van der Waals surface area contributed by atoms with E-state index in [1.54, 1.807) is 23.7 Å². The zero-order valence-corrected chi connectivity index (χ0v) is 13.3. The molecular formula is C17H16N4OS. The van der Waals surface area contributed by atoms with E-state index in [0.29, 0.717) is 23.7 Å². The number of hydrogen-bond acceptors (Lipinski definition) is 6. The van der Waals surface area contributed by atoms with E-state index < -0.39 is 0 Å². The van der Waals surface area contributed by atoms with E-state index in [2.05, 4.69) is 45.4 Å². The van der Waals surface area contributed by atoms with E-state index in [0.717, 1.165) is 16.9 Å². The highest BCUT2D eigenvalue weighted by Crippen LogP contribution is 2.20. The highest BCUT2D eigenvalue weighted by molar-refractivity contribution is 7.10. The van der Waals surface area contributed by atoms with Crippen LogP contribution in [0.5, 0.6) is 0 Å². The van der Waals surface area contributed by atoms with Crippen LogP contribution in [-0.2, 0) is 0 Å². The number of thiazole rings is 1. The van der Waals surface area contributed by atoms with E-state index in [1.807, 2.05) is 6.07 Å². The molecule has 2 aromatic heterocycles. The summed E-state index contributed by atoms with van der Waals surface area (Å²) in [6.07, 6.45) is 7.15. The number of hydrogen-bond donors (Lipinski definition) is 2. The topological polar surface area (TPSA) is 70.4 Å².